The van der Waals surface area contributed by atoms with Crippen molar-refractivity contribution in [3.63, 3.8) is 0 Å². The van der Waals surface area contributed by atoms with Gasteiger partial charge in [-0.25, -0.2) is 0 Å². The normalized spacial score (nSPS) is 15.4. The Hall–Kier alpha value is -3.19. The number of nitrogens with zero attached hydrogens (tertiary/aromatic N) is 1. The maximum Gasteiger partial charge on any atom is 0.213 e. The van der Waals surface area contributed by atoms with Crippen molar-refractivity contribution >= 4 is 0 Å². The molecule has 1 unspecified atom stereocenters. The maximum absolute atomic E-state index is 2.63. The summed E-state index contributed by atoms with van der Waals surface area (Å²) in [5.74, 6) is 0.723. The molecule has 1 saturated carbocycles. The Labute approximate surface area is 192 Å². The first-order valence-electron chi connectivity index (χ1n) is 12.1. The van der Waals surface area contributed by atoms with Crippen molar-refractivity contribution in [2.75, 3.05) is 0 Å². The highest BCUT2D eigenvalue weighted by Gasteiger charge is 2.33. The van der Waals surface area contributed by atoms with Crippen molar-refractivity contribution in [3.8, 4) is 33.6 Å². The van der Waals surface area contributed by atoms with E-state index in [4.69, 9.17) is 0 Å². The van der Waals surface area contributed by atoms with Gasteiger partial charge in [-0.05, 0) is 55.2 Å². The summed E-state index contributed by atoms with van der Waals surface area (Å²) in [4.78, 5) is 0. The van der Waals surface area contributed by atoms with Crippen LogP contribution in [-0.4, -0.2) is 0 Å². The maximum atomic E-state index is 2.63. The second kappa shape index (κ2) is 9.53. The molecule has 1 nitrogen and oxygen atoms in total. The Morgan fingerprint density at radius 1 is 0.562 bits per heavy atom. The predicted octanol–water partition coefficient (Wildman–Crippen LogP) is 8.12. The summed E-state index contributed by atoms with van der Waals surface area (Å²) in [7, 11) is 0. The van der Waals surface area contributed by atoms with Gasteiger partial charge in [0.05, 0.1) is 0 Å². The van der Waals surface area contributed by atoms with Crippen LogP contribution < -0.4 is 4.57 Å². The molecule has 0 radical (unpaired) electrons. The molecule has 1 heteroatoms. The summed E-state index contributed by atoms with van der Waals surface area (Å²) in [6.45, 7) is 2.44. The van der Waals surface area contributed by atoms with E-state index >= 15 is 0 Å². The summed E-state index contributed by atoms with van der Waals surface area (Å²) in [5.41, 5.74) is 7.72. The fraction of sp³-hybridized carbons (Fsp3) is 0.258. The van der Waals surface area contributed by atoms with E-state index in [1.165, 1.54) is 65.7 Å². The molecule has 3 aromatic carbocycles. The molecule has 0 bridgehead atoms. The summed E-state index contributed by atoms with van der Waals surface area (Å²) < 4.78 is 2.63. The predicted molar refractivity (Wildman–Crippen MR) is 134 cm³/mol. The molecule has 0 spiro atoms. The average molecular weight is 419 g/mol. The van der Waals surface area contributed by atoms with Gasteiger partial charge < -0.3 is 0 Å². The lowest BCUT2D eigenvalue weighted by Crippen LogP contribution is -2.46. The minimum absolute atomic E-state index is 0.450. The highest BCUT2D eigenvalue weighted by molar-refractivity contribution is 5.73. The molecule has 0 amide bonds. The molecule has 5 rings (SSSR count). The molecule has 1 heterocycles. The fourth-order valence-electron chi connectivity index (χ4n) is 5.33. The molecule has 0 aliphatic heterocycles. The molecule has 1 fully saturated rings. The lowest BCUT2D eigenvalue weighted by molar-refractivity contribution is -0.706. The van der Waals surface area contributed by atoms with E-state index in [0.29, 0.717) is 6.04 Å². The zero-order valence-electron chi connectivity index (χ0n) is 19.0. The van der Waals surface area contributed by atoms with Crippen LogP contribution in [0.3, 0.4) is 0 Å². The number of rotatable bonds is 5. The Morgan fingerprint density at radius 2 is 1.00 bits per heavy atom. The van der Waals surface area contributed by atoms with Crippen LogP contribution in [0.1, 0.15) is 45.1 Å². The third kappa shape index (κ3) is 4.25. The minimum Gasteiger partial charge on any atom is -0.189 e. The molecule has 0 N–H and O–H groups in total. The van der Waals surface area contributed by atoms with E-state index in [1.54, 1.807) is 0 Å². The summed E-state index contributed by atoms with van der Waals surface area (Å²) in [6, 6.07) is 37.9. The molecular formula is C31H32N+. The van der Waals surface area contributed by atoms with Crippen LogP contribution in [0, 0.1) is 5.92 Å². The monoisotopic (exact) mass is 418 g/mol. The third-order valence-corrected chi connectivity index (χ3v) is 7.09. The Morgan fingerprint density at radius 3 is 1.47 bits per heavy atom. The molecule has 1 atom stereocenters. The molecule has 160 valence electrons. The molecule has 0 saturated heterocycles. The van der Waals surface area contributed by atoms with E-state index in [9.17, 15) is 0 Å². The van der Waals surface area contributed by atoms with Gasteiger partial charge in [0.15, 0.2) is 6.04 Å². The number of pyridine rings is 1. The Kier molecular flexibility index (Phi) is 6.16. The van der Waals surface area contributed by atoms with E-state index in [-0.39, 0.29) is 0 Å². The quantitative estimate of drug-likeness (QED) is 0.288. The molecular weight excluding hydrogens is 386 g/mol. The van der Waals surface area contributed by atoms with E-state index in [2.05, 4.69) is 115 Å². The molecule has 1 aromatic heterocycles. The van der Waals surface area contributed by atoms with Gasteiger partial charge in [0.1, 0.15) is 0 Å². The molecule has 32 heavy (non-hydrogen) atoms. The van der Waals surface area contributed by atoms with E-state index in [0.717, 1.165) is 5.92 Å². The minimum atomic E-state index is 0.450. The van der Waals surface area contributed by atoms with Crippen LogP contribution in [0.4, 0.5) is 0 Å². The lowest BCUT2D eigenvalue weighted by Gasteiger charge is -2.27. The highest BCUT2D eigenvalue weighted by atomic mass is 15.0. The topological polar surface area (TPSA) is 3.88 Å². The highest BCUT2D eigenvalue weighted by Crippen LogP contribution is 2.35. The van der Waals surface area contributed by atoms with Crippen LogP contribution in [0.5, 0.6) is 0 Å². The number of benzene rings is 3. The Bertz CT molecular complexity index is 1080. The van der Waals surface area contributed by atoms with Crippen molar-refractivity contribution in [1.29, 1.82) is 0 Å². The number of hydrogen-bond acceptors (Lipinski definition) is 0. The van der Waals surface area contributed by atoms with Gasteiger partial charge in [-0.15, -0.1) is 0 Å². The SMILES string of the molecule is CC(C1CCCCC1)[n+]1c(-c2ccccc2)cc(-c2ccccc2)cc1-c1ccccc1. The number of hydrogen-bond donors (Lipinski definition) is 0. The number of aromatic nitrogens is 1. The van der Waals surface area contributed by atoms with E-state index < -0.39 is 0 Å². The lowest BCUT2D eigenvalue weighted by atomic mass is 9.83. The van der Waals surface area contributed by atoms with Gasteiger partial charge in [-0.2, -0.15) is 4.57 Å². The third-order valence-electron chi connectivity index (χ3n) is 7.09. The zero-order valence-corrected chi connectivity index (χ0v) is 19.0. The standard InChI is InChI=1S/C31H32N/c1-24(25-14-6-2-7-15-25)32-30(27-18-10-4-11-19-27)22-29(26-16-8-3-9-17-26)23-31(32)28-20-12-5-13-21-28/h3-5,8-13,16-25H,2,6-7,14-15H2,1H3/q+1. The second-order valence-electron chi connectivity index (χ2n) is 9.12. The van der Waals surface area contributed by atoms with Crippen LogP contribution in [0.2, 0.25) is 0 Å². The largest absolute Gasteiger partial charge is 0.213 e. The van der Waals surface area contributed by atoms with Crippen LogP contribution in [0.25, 0.3) is 33.6 Å². The average Bonchev–Trinajstić information content (AvgIpc) is 2.89. The van der Waals surface area contributed by atoms with Crippen molar-refractivity contribution in [1.82, 2.24) is 0 Å². The van der Waals surface area contributed by atoms with Gasteiger partial charge in [0.2, 0.25) is 11.4 Å². The second-order valence-corrected chi connectivity index (χ2v) is 9.12. The first-order valence-corrected chi connectivity index (χ1v) is 12.1. The van der Waals surface area contributed by atoms with Crippen molar-refractivity contribution in [2.24, 2.45) is 5.92 Å². The summed E-state index contributed by atoms with van der Waals surface area (Å²) in [5, 5.41) is 0. The van der Waals surface area contributed by atoms with Gasteiger partial charge in [-0.1, -0.05) is 86.0 Å². The zero-order chi connectivity index (χ0) is 21.8. The van der Waals surface area contributed by atoms with Crippen LogP contribution in [-0.2, 0) is 0 Å². The van der Waals surface area contributed by atoms with Gasteiger partial charge >= 0.3 is 0 Å². The molecule has 4 aromatic rings. The first kappa shape index (κ1) is 20.7. The van der Waals surface area contributed by atoms with E-state index in [1.807, 2.05) is 0 Å². The summed E-state index contributed by atoms with van der Waals surface area (Å²) >= 11 is 0. The van der Waals surface area contributed by atoms with Crippen LogP contribution >= 0.6 is 0 Å². The molecule has 1 aliphatic carbocycles. The molecule has 1 aliphatic rings. The van der Waals surface area contributed by atoms with Gasteiger partial charge in [-0.3, -0.25) is 0 Å². The Balaban J connectivity index is 1.77. The first-order chi connectivity index (χ1) is 15.8. The van der Waals surface area contributed by atoms with Gasteiger partial charge in [0, 0.05) is 29.2 Å². The smallest absolute Gasteiger partial charge is 0.189 e. The fourth-order valence-corrected chi connectivity index (χ4v) is 5.33. The van der Waals surface area contributed by atoms with Crippen molar-refractivity contribution in [2.45, 2.75) is 45.1 Å². The van der Waals surface area contributed by atoms with Gasteiger partial charge in [0.25, 0.3) is 0 Å². The van der Waals surface area contributed by atoms with Crippen molar-refractivity contribution < 1.29 is 4.57 Å². The van der Waals surface area contributed by atoms with Crippen molar-refractivity contribution in [3.05, 3.63) is 103 Å². The van der Waals surface area contributed by atoms with Crippen LogP contribution in [0.15, 0.2) is 103 Å². The summed E-state index contributed by atoms with van der Waals surface area (Å²) in [6.07, 6.45) is 6.77.